The molecule has 1 aliphatic carbocycles. The van der Waals surface area contributed by atoms with Crippen molar-refractivity contribution < 1.29 is 9.53 Å². The monoisotopic (exact) mass is 312 g/mol. The second-order valence-electron chi connectivity index (χ2n) is 8.15. The molecule has 0 aromatic heterocycles. The third-order valence-corrected chi connectivity index (χ3v) is 4.54. The summed E-state index contributed by atoms with van der Waals surface area (Å²) in [4.78, 5) is 13.9. The van der Waals surface area contributed by atoms with Gasteiger partial charge in [-0.1, -0.05) is 26.7 Å². The zero-order chi connectivity index (χ0) is 16.8. The summed E-state index contributed by atoms with van der Waals surface area (Å²) in [5, 5.41) is 3.70. The van der Waals surface area contributed by atoms with E-state index in [0.717, 1.165) is 19.5 Å². The van der Waals surface area contributed by atoms with Crippen molar-refractivity contribution in [2.45, 2.75) is 85.3 Å². The van der Waals surface area contributed by atoms with Gasteiger partial charge in [-0.3, -0.25) is 0 Å². The zero-order valence-electron chi connectivity index (χ0n) is 15.5. The van der Waals surface area contributed by atoms with E-state index in [1.165, 1.54) is 25.7 Å². The van der Waals surface area contributed by atoms with Crippen molar-refractivity contribution in [2.75, 3.05) is 19.6 Å². The predicted octanol–water partition coefficient (Wildman–Crippen LogP) is 4.19. The maximum atomic E-state index is 12.1. The van der Waals surface area contributed by atoms with Gasteiger partial charge in [0.2, 0.25) is 0 Å². The molecule has 0 radical (unpaired) electrons. The second-order valence-corrected chi connectivity index (χ2v) is 8.15. The van der Waals surface area contributed by atoms with E-state index in [9.17, 15) is 4.79 Å². The maximum absolute atomic E-state index is 12.1. The van der Waals surface area contributed by atoms with E-state index < -0.39 is 5.60 Å². The van der Waals surface area contributed by atoms with Crippen LogP contribution in [0.4, 0.5) is 4.79 Å². The van der Waals surface area contributed by atoms with Gasteiger partial charge in [0.15, 0.2) is 0 Å². The molecule has 0 heterocycles. The van der Waals surface area contributed by atoms with Crippen molar-refractivity contribution in [1.82, 2.24) is 10.2 Å². The molecule has 1 atom stereocenters. The van der Waals surface area contributed by atoms with E-state index in [1.807, 2.05) is 27.7 Å². The number of rotatable bonds is 6. The van der Waals surface area contributed by atoms with Crippen LogP contribution in [0.1, 0.15) is 73.6 Å². The molecule has 22 heavy (non-hydrogen) atoms. The molecule has 0 bridgehead atoms. The first kappa shape index (κ1) is 19.3. The minimum atomic E-state index is -0.422. The first-order valence-electron chi connectivity index (χ1n) is 8.87. The lowest BCUT2D eigenvalue weighted by molar-refractivity contribution is 0.0257. The van der Waals surface area contributed by atoms with Crippen LogP contribution in [0.25, 0.3) is 0 Å². The van der Waals surface area contributed by atoms with Crippen molar-refractivity contribution >= 4 is 6.09 Å². The van der Waals surface area contributed by atoms with Crippen LogP contribution in [0.2, 0.25) is 0 Å². The normalized spacial score (nSPS) is 21.5. The van der Waals surface area contributed by atoms with Crippen molar-refractivity contribution in [1.29, 1.82) is 0 Å². The molecule has 0 saturated heterocycles. The fraction of sp³-hybridized carbons (Fsp3) is 0.944. The van der Waals surface area contributed by atoms with Crippen LogP contribution in [-0.2, 0) is 4.74 Å². The van der Waals surface area contributed by atoms with Gasteiger partial charge in [-0.2, -0.15) is 0 Å². The number of hydrogen-bond acceptors (Lipinski definition) is 3. The SMILES string of the molecule is CCN(CCCNC1CCCCC1(C)C)C(=O)OC(C)(C)C. The van der Waals surface area contributed by atoms with Crippen molar-refractivity contribution in [2.24, 2.45) is 5.41 Å². The lowest BCUT2D eigenvalue weighted by atomic mass is 9.73. The third kappa shape index (κ3) is 6.55. The Balaban J connectivity index is 2.31. The average molecular weight is 312 g/mol. The van der Waals surface area contributed by atoms with Crippen LogP contribution in [0.15, 0.2) is 0 Å². The number of carbonyl (C=O) groups excluding carboxylic acids is 1. The molecule has 1 saturated carbocycles. The summed E-state index contributed by atoms with van der Waals surface area (Å²) in [6.45, 7) is 14.9. The third-order valence-electron chi connectivity index (χ3n) is 4.54. The number of ether oxygens (including phenoxy) is 1. The van der Waals surface area contributed by atoms with Crippen LogP contribution >= 0.6 is 0 Å². The highest BCUT2D eigenvalue weighted by atomic mass is 16.6. The van der Waals surface area contributed by atoms with Gasteiger partial charge in [-0.05, 0) is 58.9 Å². The zero-order valence-corrected chi connectivity index (χ0v) is 15.5. The van der Waals surface area contributed by atoms with E-state index in [1.54, 1.807) is 4.90 Å². The van der Waals surface area contributed by atoms with Crippen LogP contribution < -0.4 is 5.32 Å². The highest BCUT2D eigenvalue weighted by molar-refractivity contribution is 5.68. The number of amides is 1. The van der Waals surface area contributed by atoms with Gasteiger partial charge in [-0.15, -0.1) is 0 Å². The molecule has 1 unspecified atom stereocenters. The van der Waals surface area contributed by atoms with Gasteiger partial charge in [0, 0.05) is 19.1 Å². The summed E-state index contributed by atoms with van der Waals surface area (Å²) in [7, 11) is 0. The Labute approximate surface area is 137 Å². The van der Waals surface area contributed by atoms with Gasteiger partial charge in [0.05, 0.1) is 0 Å². The molecule has 4 heteroatoms. The van der Waals surface area contributed by atoms with Gasteiger partial charge < -0.3 is 15.0 Å². The minimum absolute atomic E-state index is 0.201. The summed E-state index contributed by atoms with van der Waals surface area (Å²) < 4.78 is 5.44. The largest absolute Gasteiger partial charge is 0.444 e. The predicted molar refractivity (Wildman–Crippen MR) is 92.1 cm³/mol. The summed E-state index contributed by atoms with van der Waals surface area (Å²) >= 11 is 0. The van der Waals surface area contributed by atoms with Gasteiger partial charge in [-0.25, -0.2) is 4.79 Å². The van der Waals surface area contributed by atoms with Crippen molar-refractivity contribution in [3.8, 4) is 0 Å². The lowest BCUT2D eigenvalue weighted by Gasteiger charge is -2.39. The Hall–Kier alpha value is -0.770. The molecule has 4 nitrogen and oxygen atoms in total. The smallest absolute Gasteiger partial charge is 0.410 e. The Morgan fingerprint density at radius 2 is 2.00 bits per heavy atom. The number of carbonyl (C=O) groups is 1. The molecule has 1 N–H and O–H groups in total. The Kier molecular flexibility index (Phi) is 7.17. The summed E-state index contributed by atoms with van der Waals surface area (Å²) in [6, 6.07) is 0.609. The Morgan fingerprint density at radius 1 is 1.32 bits per heavy atom. The van der Waals surface area contributed by atoms with E-state index in [-0.39, 0.29) is 6.09 Å². The fourth-order valence-electron chi connectivity index (χ4n) is 3.12. The molecule has 130 valence electrons. The Morgan fingerprint density at radius 3 is 2.55 bits per heavy atom. The lowest BCUT2D eigenvalue weighted by Crippen LogP contribution is -2.45. The Bertz CT molecular complexity index is 347. The number of nitrogens with one attached hydrogen (secondary N) is 1. The van der Waals surface area contributed by atoms with Crippen LogP contribution in [-0.4, -0.2) is 42.3 Å². The molecular weight excluding hydrogens is 276 g/mol. The topological polar surface area (TPSA) is 41.6 Å². The van der Waals surface area contributed by atoms with Gasteiger partial charge in [0.1, 0.15) is 5.60 Å². The van der Waals surface area contributed by atoms with Gasteiger partial charge >= 0.3 is 6.09 Å². The molecular formula is C18H36N2O2. The van der Waals surface area contributed by atoms with Crippen LogP contribution in [0.5, 0.6) is 0 Å². The molecule has 0 aliphatic heterocycles. The maximum Gasteiger partial charge on any atom is 0.410 e. The highest BCUT2D eigenvalue weighted by Gasteiger charge is 2.31. The molecule has 0 aromatic carbocycles. The van der Waals surface area contributed by atoms with E-state index in [0.29, 0.717) is 18.0 Å². The van der Waals surface area contributed by atoms with Crippen molar-refractivity contribution in [3.05, 3.63) is 0 Å². The first-order valence-corrected chi connectivity index (χ1v) is 8.87. The standard InChI is InChI=1S/C18H36N2O2/c1-7-20(16(21)22-17(2,3)4)14-10-13-19-15-11-8-9-12-18(15,5)6/h15,19H,7-14H2,1-6H3. The molecule has 1 rings (SSSR count). The molecule has 1 amide bonds. The van der Waals surface area contributed by atoms with Crippen molar-refractivity contribution in [3.63, 3.8) is 0 Å². The van der Waals surface area contributed by atoms with E-state index >= 15 is 0 Å². The molecule has 0 spiro atoms. The first-order chi connectivity index (χ1) is 10.2. The average Bonchev–Trinajstić information content (AvgIpc) is 2.38. The molecule has 0 aromatic rings. The van der Waals surface area contributed by atoms with Crippen LogP contribution in [0.3, 0.4) is 0 Å². The van der Waals surface area contributed by atoms with Crippen LogP contribution in [0, 0.1) is 5.41 Å². The van der Waals surface area contributed by atoms with E-state index in [4.69, 9.17) is 4.74 Å². The number of nitrogens with zero attached hydrogens (tertiary/aromatic N) is 1. The minimum Gasteiger partial charge on any atom is -0.444 e. The summed E-state index contributed by atoms with van der Waals surface area (Å²) in [5.74, 6) is 0. The second kappa shape index (κ2) is 8.19. The molecule has 1 aliphatic rings. The fourth-order valence-corrected chi connectivity index (χ4v) is 3.12. The number of hydrogen-bond donors (Lipinski definition) is 1. The van der Waals surface area contributed by atoms with Gasteiger partial charge in [0.25, 0.3) is 0 Å². The quantitative estimate of drug-likeness (QED) is 0.748. The summed E-state index contributed by atoms with van der Waals surface area (Å²) in [6.07, 6.45) is 6.04. The molecule has 1 fully saturated rings. The summed E-state index contributed by atoms with van der Waals surface area (Å²) in [5.41, 5.74) is -0.0251. The highest BCUT2D eigenvalue weighted by Crippen LogP contribution is 2.35. The van der Waals surface area contributed by atoms with E-state index in [2.05, 4.69) is 19.2 Å².